The number of piperazine rings is 1. The van der Waals surface area contributed by atoms with Crippen molar-refractivity contribution >= 4 is 5.91 Å². The summed E-state index contributed by atoms with van der Waals surface area (Å²) in [7, 11) is 1.56. The molecule has 1 fully saturated rings. The highest BCUT2D eigenvalue weighted by Crippen LogP contribution is 2.22. The van der Waals surface area contributed by atoms with E-state index in [1.54, 1.807) is 18.0 Å². The Morgan fingerprint density at radius 2 is 2.14 bits per heavy atom. The highest BCUT2D eigenvalue weighted by atomic mass is 16.5. The molecule has 1 aromatic carbocycles. The van der Waals surface area contributed by atoms with E-state index in [1.807, 2.05) is 42.2 Å². The number of benzene rings is 1. The van der Waals surface area contributed by atoms with E-state index in [9.17, 15) is 4.79 Å². The molecule has 0 bridgehead atoms. The molecule has 2 heterocycles. The predicted octanol–water partition coefficient (Wildman–Crippen LogP) is 1.31. The maximum absolute atomic E-state index is 12.8. The topological polar surface area (TPSA) is 59.4 Å². The lowest BCUT2D eigenvalue weighted by Crippen LogP contribution is -2.52. The fraction of sp³-hybridized carbons (Fsp3) is 0.375. The predicted molar refractivity (Wildman–Crippen MR) is 83.5 cm³/mol. The van der Waals surface area contributed by atoms with Gasteiger partial charge in [0.25, 0.3) is 5.91 Å². The van der Waals surface area contributed by atoms with Crippen LogP contribution in [0.3, 0.4) is 0 Å². The number of amides is 1. The van der Waals surface area contributed by atoms with Crippen molar-refractivity contribution in [3.05, 3.63) is 42.2 Å². The Morgan fingerprint density at radius 1 is 1.36 bits per heavy atom. The number of methoxy groups -OCH3 is 1. The first kappa shape index (κ1) is 14.6. The Hall–Kier alpha value is -2.34. The monoisotopic (exact) mass is 300 g/mol. The summed E-state index contributed by atoms with van der Waals surface area (Å²) in [6.07, 6.45) is 1.75. The van der Waals surface area contributed by atoms with Gasteiger partial charge in [0.2, 0.25) is 0 Å². The SMILES string of the molecule is COc1cn(-c2ccccc2)nc1C(=O)N1CCNC[C@@H]1C. The third-order valence-electron chi connectivity index (χ3n) is 3.89. The molecule has 0 saturated carbocycles. The fourth-order valence-electron chi connectivity index (χ4n) is 2.65. The van der Waals surface area contributed by atoms with Crippen molar-refractivity contribution in [1.29, 1.82) is 0 Å². The van der Waals surface area contributed by atoms with Crippen molar-refractivity contribution in [2.45, 2.75) is 13.0 Å². The van der Waals surface area contributed by atoms with Crippen molar-refractivity contribution in [2.75, 3.05) is 26.7 Å². The van der Waals surface area contributed by atoms with E-state index >= 15 is 0 Å². The number of carbonyl (C=O) groups is 1. The molecular formula is C16H20N4O2. The maximum Gasteiger partial charge on any atom is 0.278 e. The van der Waals surface area contributed by atoms with Gasteiger partial charge >= 0.3 is 0 Å². The van der Waals surface area contributed by atoms with Crippen LogP contribution in [0.4, 0.5) is 0 Å². The lowest BCUT2D eigenvalue weighted by Gasteiger charge is -2.33. The molecule has 1 amide bonds. The van der Waals surface area contributed by atoms with Crippen LogP contribution in [0.25, 0.3) is 5.69 Å². The minimum atomic E-state index is -0.0828. The number of carbonyl (C=O) groups excluding carboxylic acids is 1. The van der Waals surface area contributed by atoms with E-state index in [2.05, 4.69) is 10.4 Å². The van der Waals surface area contributed by atoms with Gasteiger partial charge in [-0.05, 0) is 19.1 Å². The van der Waals surface area contributed by atoms with Gasteiger partial charge in [0.05, 0.1) is 19.0 Å². The summed E-state index contributed by atoms with van der Waals surface area (Å²) in [5.74, 6) is 0.417. The Bertz CT molecular complexity index is 653. The third-order valence-corrected chi connectivity index (χ3v) is 3.89. The largest absolute Gasteiger partial charge is 0.493 e. The average Bonchev–Trinajstić information content (AvgIpc) is 3.00. The van der Waals surface area contributed by atoms with Gasteiger partial charge in [-0.2, -0.15) is 5.10 Å². The highest BCUT2D eigenvalue weighted by molar-refractivity contribution is 5.95. The van der Waals surface area contributed by atoms with Crippen LogP contribution in [-0.4, -0.2) is 53.4 Å². The maximum atomic E-state index is 12.8. The van der Waals surface area contributed by atoms with Gasteiger partial charge in [0.15, 0.2) is 11.4 Å². The number of nitrogens with zero attached hydrogens (tertiary/aromatic N) is 3. The molecule has 6 heteroatoms. The second-order valence-corrected chi connectivity index (χ2v) is 5.38. The second kappa shape index (κ2) is 6.19. The molecule has 22 heavy (non-hydrogen) atoms. The van der Waals surface area contributed by atoms with Gasteiger partial charge in [-0.1, -0.05) is 18.2 Å². The second-order valence-electron chi connectivity index (χ2n) is 5.38. The van der Waals surface area contributed by atoms with Gasteiger partial charge in [-0.15, -0.1) is 0 Å². The number of para-hydroxylation sites is 1. The van der Waals surface area contributed by atoms with Crippen LogP contribution in [-0.2, 0) is 0 Å². The van der Waals surface area contributed by atoms with E-state index in [4.69, 9.17) is 4.74 Å². The first-order chi connectivity index (χ1) is 10.7. The normalized spacial score (nSPS) is 18.3. The van der Waals surface area contributed by atoms with Crippen LogP contribution in [0, 0.1) is 0 Å². The Labute approximate surface area is 129 Å². The van der Waals surface area contributed by atoms with E-state index in [0.29, 0.717) is 18.0 Å². The molecule has 0 spiro atoms. The number of aromatic nitrogens is 2. The van der Waals surface area contributed by atoms with E-state index in [1.165, 1.54) is 0 Å². The zero-order valence-electron chi connectivity index (χ0n) is 12.8. The van der Waals surface area contributed by atoms with Crippen molar-refractivity contribution in [2.24, 2.45) is 0 Å². The Kier molecular flexibility index (Phi) is 4.11. The molecule has 1 N–H and O–H groups in total. The summed E-state index contributed by atoms with van der Waals surface area (Å²) in [5, 5.41) is 7.72. The van der Waals surface area contributed by atoms with E-state index in [-0.39, 0.29) is 11.9 Å². The van der Waals surface area contributed by atoms with Crippen LogP contribution in [0.2, 0.25) is 0 Å². The van der Waals surface area contributed by atoms with Crippen molar-refractivity contribution in [1.82, 2.24) is 20.0 Å². The standard InChI is InChI=1S/C16H20N4O2/c1-12-10-17-8-9-19(12)16(21)15-14(22-2)11-20(18-15)13-6-4-3-5-7-13/h3-7,11-12,17H,8-10H2,1-2H3/t12-/m0/s1. The summed E-state index contributed by atoms with van der Waals surface area (Å²) in [5.41, 5.74) is 1.26. The average molecular weight is 300 g/mol. The van der Waals surface area contributed by atoms with Crippen LogP contribution in [0.5, 0.6) is 5.75 Å². The number of rotatable bonds is 3. The lowest BCUT2D eigenvalue weighted by molar-refractivity contribution is 0.0646. The van der Waals surface area contributed by atoms with Crippen molar-refractivity contribution in [3.8, 4) is 11.4 Å². The molecule has 1 atom stereocenters. The number of ether oxygens (including phenoxy) is 1. The molecule has 3 rings (SSSR count). The van der Waals surface area contributed by atoms with Crippen LogP contribution in [0.1, 0.15) is 17.4 Å². The molecule has 1 aliphatic rings. The molecular weight excluding hydrogens is 280 g/mol. The minimum Gasteiger partial charge on any atom is -0.493 e. The van der Waals surface area contributed by atoms with Gasteiger partial charge in [-0.25, -0.2) is 4.68 Å². The van der Waals surface area contributed by atoms with Gasteiger partial charge < -0.3 is 15.0 Å². The van der Waals surface area contributed by atoms with Crippen LogP contribution >= 0.6 is 0 Å². The molecule has 6 nitrogen and oxygen atoms in total. The third kappa shape index (κ3) is 2.69. The summed E-state index contributed by atoms with van der Waals surface area (Å²) in [4.78, 5) is 14.6. The molecule has 0 unspecified atom stereocenters. The molecule has 116 valence electrons. The lowest BCUT2D eigenvalue weighted by atomic mass is 10.2. The first-order valence-electron chi connectivity index (χ1n) is 7.41. The molecule has 1 saturated heterocycles. The van der Waals surface area contributed by atoms with Gasteiger partial charge in [0, 0.05) is 25.7 Å². The van der Waals surface area contributed by atoms with Gasteiger partial charge in [0.1, 0.15) is 0 Å². The van der Waals surface area contributed by atoms with E-state index < -0.39 is 0 Å². The smallest absolute Gasteiger partial charge is 0.278 e. The summed E-state index contributed by atoms with van der Waals surface area (Å²) in [6, 6.07) is 9.83. The zero-order valence-corrected chi connectivity index (χ0v) is 12.8. The van der Waals surface area contributed by atoms with Crippen LogP contribution in [0.15, 0.2) is 36.5 Å². The van der Waals surface area contributed by atoms with E-state index in [0.717, 1.165) is 18.8 Å². The minimum absolute atomic E-state index is 0.0828. The number of hydrogen-bond donors (Lipinski definition) is 1. The van der Waals surface area contributed by atoms with Gasteiger partial charge in [-0.3, -0.25) is 4.79 Å². The molecule has 1 aromatic heterocycles. The molecule has 0 aliphatic carbocycles. The van der Waals surface area contributed by atoms with Crippen LogP contribution < -0.4 is 10.1 Å². The molecule has 1 aliphatic heterocycles. The molecule has 2 aromatic rings. The zero-order chi connectivity index (χ0) is 15.5. The number of hydrogen-bond acceptors (Lipinski definition) is 4. The quantitative estimate of drug-likeness (QED) is 0.928. The first-order valence-corrected chi connectivity index (χ1v) is 7.41. The number of nitrogens with one attached hydrogen (secondary N) is 1. The van der Waals surface area contributed by atoms with Crippen molar-refractivity contribution < 1.29 is 9.53 Å². The summed E-state index contributed by atoms with van der Waals surface area (Å²) in [6.45, 7) is 4.32. The summed E-state index contributed by atoms with van der Waals surface area (Å²) < 4.78 is 7.03. The Morgan fingerprint density at radius 3 is 2.82 bits per heavy atom. The highest BCUT2D eigenvalue weighted by Gasteiger charge is 2.28. The summed E-state index contributed by atoms with van der Waals surface area (Å²) >= 11 is 0. The van der Waals surface area contributed by atoms with Crippen molar-refractivity contribution in [3.63, 3.8) is 0 Å². The fourth-order valence-corrected chi connectivity index (χ4v) is 2.65. The molecule has 0 radical (unpaired) electrons. The Balaban J connectivity index is 1.93.